The van der Waals surface area contributed by atoms with E-state index in [9.17, 15) is 19.5 Å². The van der Waals surface area contributed by atoms with Gasteiger partial charge in [-0.15, -0.1) is 0 Å². The number of carbonyl (C=O) groups is 3. The highest BCUT2D eigenvalue weighted by molar-refractivity contribution is 6.08. The summed E-state index contributed by atoms with van der Waals surface area (Å²) in [5, 5.41) is 13.3. The van der Waals surface area contributed by atoms with Crippen LogP contribution in [0, 0.1) is 23.7 Å². The maximum absolute atomic E-state index is 12.7. The molecule has 1 aromatic heterocycles. The van der Waals surface area contributed by atoms with Crippen LogP contribution < -0.4 is 9.47 Å². The first kappa shape index (κ1) is 53.6. The van der Waals surface area contributed by atoms with Crippen LogP contribution >= 0.6 is 0 Å². The minimum absolute atomic E-state index is 0.308. The second-order valence-corrected chi connectivity index (χ2v) is 17.0. The van der Waals surface area contributed by atoms with E-state index in [-0.39, 0.29) is 0 Å². The summed E-state index contributed by atoms with van der Waals surface area (Å²) in [6.07, 6.45) is 12.3. The smallest absolute Gasteiger partial charge is 0.338 e. The Labute approximate surface area is 423 Å². The molecule has 0 amide bonds. The number of unbranched alkanes of at least 4 members (excludes halogenated alkanes) is 9. The molecule has 6 aromatic rings. The van der Waals surface area contributed by atoms with E-state index in [2.05, 4.69) is 43.8 Å². The lowest BCUT2D eigenvalue weighted by atomic mass is 10.0. The number of esters is 3. The summed E-state index contributed by atoms with van der Waals surface area (Å²) < 4.78 is 33.6. The van der Waals surface area contributed by atoms with Crippen molar-refractivity contribution < 1.29 is 47.9 Å². The molecule has 372 valence electrons. The summed E-state index contributed by atoms with van der Waals surface area (Å²) in [4.78, 5) is 40.0. The van der Waals surface area contributed by atoms with Crippen molar-refractivity contribution in [3.05, 3.63) is 168 Å². The van der Waals surface area contributed by atoms with Crippen LogP contribution in [0.4, 0.5) is 0 Å². The van der Waals surface area contributed by atoms with E-state index in [0.29, 0.717) is 61.3 Å². The van der Waals surface area contributed by atoms with E-state index in [1.165, 1.54) is 12.8 Å². The predicted octanol–water partition coefficient (Wildman–Crippen LogP) is 12.7. The standard InChI is InChI=1S/C61H63NO10/c1-4-7-8-13-38-67-51-32-34-52(35-33-51)72-59-55-43-47(20-18-45-22-28-49(29-23-45)60(65)70-41-16-11-9-14-39-68-57(63)5-2)26-36-53(55)54-37-27-48(44-56(54)62-59)21-19-46-24-30-50(31-25-46)61(66)71-42-17-12-10-15-40-69-58(64)6-3/h5-6,22-37,43-44,61,66H,2-4,7-17,38-42H2,1H3. The molecule has 0 bridgehead atoms. The van der Waals surface area contributed by atoms with Gasteiger partial charge in [0.05, 0.1) is 44.1 Å². The topological polar surface area (TPSA) is 140 Å². The van der Waals surface area contributed by atoms with Gasteiger partial charge in [-0.3, -0.25) is 0 Å². The molecule has 11 nitrogen and oxygen atoms in total. The average Bonchev–Trinajstić information content (AvgIpc) is 3.41. The number of carbonyl (C=O) groups excluding carboxylic acids is 3. The van der Waals surface area contributed by atoms with Crippen molar-refractivity contribution in [2.45, 2.75) is 90.3 Å². The fourth-order valence-electron chi connectivity index (χ4n) is 7.47. The average molecular weight is 970 g/mol. The van der Waals surface area contributed by atoms with Crippen LogP contribution in [0.15, 0.2) is 135 Å². The number of pyridine rings is 1. The molecule has 0 spiro atoms. The van der Waals surface area contributed by atoms with Gasteiger partial charge in [0.25, 0.3) is 0 Å². The lowest BCUT2D eigenvalue weighted by molar-refractivity contribution is -0.138. The SMILES string of the molecule is C=CC(=O)OCCCCCCOC(=O)c1ccc(C#Cc2ccc3c(c2)c(Oc2ccc(OCCCCCC)cc2)nc2cc(C#Cc4ccc(C(O)OCCCCCCOC(=O)C=C)cc4)ccc23)cc1. The van der Waals surface area contributed by atoms with Crippen molar-refractivity contribution in [1.82, 2.24) is 4.98 Å². The molecule has 0 aliphatic rings. The van der Waals surface area contributed by atoms with Crippen LogP contribution in [-0.2, 0) is 28.5 Å². The molecule has 0 aliphatic heterocycles. The van der Waals surface area contributed by atoms with Gasteiger partial charge in [-0.05, 0) is 142 Å². The van der Waals surface area contributed by atoms with Gasteiger partial charge in [-0.2, -0.15) is 0 Å². The summed E-state index contributed by atoms with van der Waals surface area (Å²) in [7, 11) is 0. The number of hydrogen-bond donors (Lipinski definition) is 1. The van der Waals surface area contributed by atoms with Crippen molar-refractivity contribution >= 4 is 39.6 Å². The van der Waals surface area contributed by atoms with Crippen LogP contribution in [0.1, 0.15) is 128 Å². The number of benzene rings is 5. The number of aliphatic hydroxyl groups is 1. The number of aliphatic hydroxyl groups excluding tert-OH is 1. The Kier molecular flexibility index (Phi) is 22.0. The predicted molar refractivity (Wildman–Crippen MR) is 281 cm³/mol. The molecule has 0 saturated heterocycles. The summed E-state index contributed by atoms with van der Waals surface area (Å²) in [6, 6.07) is 33.9. The largest absolute Gasteiger partial charge is 0.494 e. The van der Waals surface area contributed by atoms with Crippen molar-refractivity contribution in [3.8, 4) is 41.1 Å². The van der Waals surface area contributed by atoms with Crippen molar-refractivity contribution in [2.75, 3.05) is 33.0 Å². The third-order valence-corrected chi connectivity index (χ3v) is 11.5. The van der Waals surface area contributed by atoms with Crippen molar-refractivity contribution in [2.24, 2.45) is 0 Å². The van der Waals surface area contributed by atoms with Crippen LogP contribution in [0.3, 0.4) is 0 Å². The van der Waals surface area contributed by atoms with Gasteiger partial charge < -0.3 is 33.5 Å². The number of hydrogen-bond acceptors (Lipinski definition) is 11. The molecule has 0 fully saturated rings. The first-order valence-corrected chi connectivity index (χ1v) is 24.8. The quantitative estimate of drug-likeness (QED) is 0.0100. The molecule has 11 heteroatoms. The van der Waals surface area contributed by atoms with Crippen molar-refractivity contribution in [3.63, 3.8) is 0 Å². The monoisotopic (exact) mass is 969 g/mol. The van der Waals surface area contributed by atoms with Gasteiger partial charge in [-0.1, -0.05) is 93.7 Å². The van der Waals surface area contributed by atoms with E-state index in [1.54, 1.807) is 24.3 Å². The first-order chi connectivity index (χ1) is 35.2. The van der Waals surface area contributed by atoms with Gasteiger partial charge >= 0.3 is 17.9 Å². The minimum Gasteiger partial charge on any atom is -0.494 e. The lowest BCUT2D eigenvalue weighted by Gasteiger charge is -2.12. The Morgan fingerprint density at radius 1 is 0.542 bits per heavy atom. The van der Waals surface area contributed by atoms with Crippen LogP contribution in [0.25, 0.3) is 21.7 Å². The van der Waals surface area contributed by atoms with Gasteiger partial charge in [0.2, 0.25) is 5.88 Å². The molecular weight excluding hydrogens is 907 g/mol. The maximum Gasteiger partial charge on any atom is 0.338 e. The van der Waals surface area contributed by atoms with E-state index in [4.69, 9.17) is 33.4 Å². The molecule has 0 saturated carbocycles. The Morgan fingerprint density at radius 2 is 1.04 bits per heavy atom. The van der Waals surface area contributed by atoms with E-state index >= 15 is 0 Å². The Bertz CT molecular complexity index is 2870. The zero-order valence-electron chi connectivity index (χ0n) is 41.1. The molecule has 1 heterocycles. The van der Waals surface area contributed by atoms with Crippen LogP contribution in [0.2, 0.25) is 0 Å². The van der Waals surface area contributed by atoms with E-state index in [1.807, 2.05) is 84.9 Å². The normalized spacial score (nSPS) is 11.1. The maximum atomic E-state index is 12.7. The third-order valence-electron chi connectivity index (χ3n) is 11.5. The number of fused-ring (bicyclic) bond motifs is 3. The lowest BCUT2D eigenvalue weighted by Crippen LogP contribution is -2.06. The second-order valence-electron chi connectivity index (χ2n) is 17.0. The molecule has 1 unspecified atom stereocenters. The fraction of sp³-hybridized carbons (Fsp3) is 0.311. The third kappa shape index (κ3) is 17.6. The number of nitrogens with zero attached hydrogens (tertiary/aromatic N) is 1. The zero-order chi connectivity index (χ0) is 50.8. The highest BCUT2D eigenvalue weighted by Crippen LogP contribution is 2.35. The molecule has 0 aliphatic carbocycles. The summed E-state index contributed by atoms with van der Waals surface area (Å²) in [5.41, 5.74) is 4.84. The van der Waals surface area contributed by atoms with Gasteiger partial charge in [0.1, 0.15) is 11.5 Å². The van der Waals surface area contributed by atoms with Crippen LogP contribution in [-0.4, -0.2) is 61.0 Å². The second kappa shape index (κ2) is 29.5. The number of rotatable bonds is 27. The van der Waals surface area contributed by atoms with Gasteiger partial charge in [0.15, 0.2) is 6.29 Å². The number of aromatic nitrogens is 1. The fourth-order valence-corrected chi connectivity index (χ4v) is 7.47. The number of ether oxygens (including phenoxy) is 6. The highest BCUT2D eigenvalue weighted by Gasteiger charge is 2.14. The Balaban J connectivity index is 1.12. The highest BCUT2D eigenvalue weighted by atomic mass is 16.6. The molecule has 1 atom stereocenters. The zero-order valence-corrected chi connectivity index (χ0v) is 41.1. The molecule has 5 aromatic carbocycles. The Hall–Kier alpha value is -7.70. The minimum atomic E-state index is -1.05. The molecule has 72 heavy (non-hydrogen) atoms. The van der Waals surface area contributed by atoms with Crippen LogP contribution in [0.5, 0.6) is 17.4 Å². The van der Waals surface area contributed by atoms with Gasteiger partial charge in [-0.25, -0.2) is 19.4 Å². The van der Waals surface area contributed by atoms with Gasteiger partial charge in [0, 0.05) is 50.7 Å². The molecule has 1 N–H and O–H groups in total. The molecule has 0 radical (unpaired) electrons. The Morgan fingerprint density at radius 3 is 1.65 bits per heavy atom. The van der Waals surface area contributed by atoms with E-state index < -0.39 is 24.2 Å². The summed E-state index contributed by atoms with van der Waals surface area (Å²) >= 11 is 0. The van der Waals surface area contributed by atoms with Crippen molar-refractivity contribution in [1.29, 1.82) is 0 Å². The van der Waals surface area contributed by atoms with E-state index in [0.717, 1.165) is 121 Å². The summed E-state index contributed by atoms with van der Waals surface area (Å²) in [5.74, 6) is 13.6. The molecular formula is C61H63NO10. The first-order valence-electron chi connectivity index (χ1n) is 24.8. The molecule has 6 rings (SSSR count). The summed E-state index contributed by atoms with van der Waals surface area (Å²) in [6.45, 7) is 11.1.